The molecular formula is C21H23BrN2O4. The fraction of sp³-hybridized carbons (Fsp3) is 0.333. The van der Waals surface area contributed by atoms with Gasteiger partial charge in [-0.1, -0.05) is 12.1 Å². The number of rotatable bonds is 6. The summed E-state index contributed by atoms with van der Waals surface area (Å²) >= 11 is 3.46. The van der Waals surface area contributed by atoms with Gasteiger partial charge in [0.25, 0.3) is 11.8 Å². The predicted molar refractivity (Wildman–Crippen MR) is 111 cm³/mol. The molecule has 0 aromatic heterocycles. The number of benzene rings is 2. The fourth-order valence-corrected chi connectivity index (χ4v) is 3.42. The Labute approximate surface area is 172 Å². The second-order valence-corrected chi connectivity index (χ2v) is 7.64. The van der Waals surface area contributed by atoms with Gasteiger partial charge in [-0.3, -0.25) is 9.59 Å². The van der Waals surface area contributed by atoms with Crippen LogP contribution in [0.2, 0.25) is 0 Å². The molecule has 1 atom stereocenters. The number of nitrogens with zero attached hydrogens (tertiary/aromatic N) is 1. The molecule has 1 aliphatic heterocycles. The van der Waals surface area contributed by atoms with Crippen molar-refractivity contribution in [1.82, 2.24) is 4.90 Å². The summed E-state index contributed by atoms with van der Waals surface area (Å²) < 4.78 is 12.0. The topological polar surface area (TPSA) is 67.9 Å². The molecule has 6 nitrogen and oxygen atoms in total. The minimum atomic E-state index is -0.301. The van der Waals surface area contributed by atoms with Crippen LogP contribution in [0, 0.1) is 0 Å². The molecule has 1 unspecified atom stereocenters. The summed E-state index contributed by atoms with van der Waals surface area (Å²) in [5.41, 5.74) is 1.38. The molecule has 2 aromatic rings. The summed E-state index contributed by atoms with van der Waals surface area (Å²) in [6.45, 7) is 1.27. The number of hydrogen-bond donors (Lipinski definition) is 1. The van der Waals surface area contributed by atoms with Gasteiger partial charge < -0.3 is 19.7 Å². The van der Waals surface area contributed by atoms with Gasteiger partial charge in [0.15, 0.2) is 0 Å². The van der Waals surface area contributed by atoms with Crippen molar-refractivity contribution in [2.75, 3.05) is 32.6 Å². The number of nitrogens with one attached hydrogen (secondary N) is 1. The smallest absolute Gasteiger partial charge is 0.255 e. The predicted octanol–water partition coefficient (Wildman–Crippen LogP) is 3.96. The largest absolute Gasteiger partial charge is 0.490 e. The van der Waals surface area contributed by atoms with Crippen LogP contribution in [-0.4, -0.2) is 50.1 Å². The number of hydrogen-bond acceptors (Lipinski definition) is 4. The molecule has 7 heteroatoms. The van der Waals surface area contributed by atoms with Gasteiger partial charge in [-0.15, -0.1) is 0 Å². The summed E-state index contributed by atoms with van der Waals surface area (Å²) in [6.07, 6.45) is 2.19. The van der Waals surface area contributed by atoms with Gasteiger partial charge in [0.1, 0.15) is 12.4 Å². The Morgan fingerprint density at radius 3 is 2.71 bits per heavy atom. The zero-order valence-electron chi connectivity index (χ0n) is 15.9. The first-order valence-corrected chi connectivity index (χ1v) is 9.91. The Bertz CT molecular complexity index is 863. The fourth-order valence-electron chi connectivity index (χ4n) is 2.93. The molecule has 0 saturated carbocycles. The maximum atomic E-state index is 12.7. The molecule has 1 saturated heterocycles. The van der Waals surface area contributed by atoms with Crippen LogP contribution < -0.4 is 10.1 Å². The third-order valence-corrected chi connectivity index (χ3v) is 5.07. The standard InChI is InChI=1S/C21H23BrN2O4/c1-24(2)21(26)16-7-3-4-8-18(16)23-20(25)14-9-10-19(17(22)12-14)28-13-15-6-5-11-27-15/h3-4,7-10,12,15H,5-6,11,13H2,1-2H3,(H,23,25). The van der Waals surface area contributed by atoms with Crippen molar-refractivity contribution in [1.29, 1.82) is 0 Å². The van der Waals surface area contributed by atoms with E-state index in [2.05, 4.69) is 21.2 Å². The molecule has 2 aromatic carbocycles. The van der Waals surface area contributed by atoms with Gasteiger partial charge in [-0.2, -0.15) is 0 Å². The van der Waals surface area contributed by atoms with Gasteiger partial charge in [-0.05, 0) is 59.1 Å². The Balaban J connectivity index is 1.69. The normalized spacial score (nSPS) is 15.9. The number of anilines is 1. The Morgan fingerprint density at radius 2 is 2.04 bits per heavy atom. The van der Waals surface area contributed by atoms with Crippen molar-refractivity contribution in [2.45, 2.75) is 18.9 Å². The maximum absolute atomic E-state index is 12.7. The van der Waals surface area contributed by atoms with Gasteiger partial charge in [0.2, 0.25) is 0 Å². The SMILES string of the molecule is CN(C)C(=O)c1ccccc1NC(=O)c1ccc(OCC2CCCO2)c(Br)c1. The highest BCUT2D eigenvalue weighted by atomic mass is 79.9. The number of carbonyl (C=O) groups is 2. The molecule has 1 aliphatic rings. The van der Waals surface area contributed by atoms with E-state index in [0.717, 1.165) is 19.4 Å². The van der Waals surface area contributed by atoms with Crippen molar-refractivity contribution in [2.24, 2.45) is 0 Å². The molecule has 28 heavy (non-hydrogen) atoms. The van der Waals surface area contributed by atoms with Crippen LogP contribution in [0.3, 0.4) is 0 Å². The van der Waals surface area contributed by atoms with Gasteiger partial charge in [-0.25, -0.2) is 0 Å². The summed E-state index contributed by atoms with van der Waals surface area (Å²) in [6, 6.07) is 12.1. The lowest BCUT2D eigenvalue weighted by Gasteiger charge is -2.15. The van der Waals surface area contributed by atoms with Crippen LogP contribution in [0.5, 0.6) is 5.75 Å². The van der Waals surface area contributed by atoms with Crippen molar-refractivity contribution < 1.29 is 19.1 Å². The highest BCUT2D eigenvalue weighted by Gasteiger charge is 2.18. The number of para-hydroxylation sites is 1. The molecule has 0 aliphatic carbocycles. The van der Waals surface area contributed by atoms with Crippen molar-refractivity contribution in [3.05, 3.63) is 58.1 Å². The second-order valence-electron chi connectivity index (χ2n) is 6.79. The van der Waals surface area contributed by atoms with Gasteiger partial charge in [0, 0.05) is 26.3 Å². The van der Waals surface area contributed by atoms with Crippen molar-refractivity contribution in [3.8, 4) is 5.75 Å². The summed E-state index contributed by atoms with van der Waals surface area (Å²) in [5, 5.41) is 2.82. The summed E-state index contributed by atoms with van der Waals surface area (Å²) in [4.78, 5) is 26.4. The van der Waals surface area contributed by atoms with E-state index in [1.165, 1.54) is 4.90 Å². The molecule has 3 rings (SSSR count). The Kier molecular flexibility index (Phi) is 6.70. The van der Waals surface area contributed by atoms with E-state index in [4.69, 9.17) is 9.47 Å². The third-order valence-electron chi connectivity index (χ3n) is 4.45. The number of carbonyl (C=O) groups excluding carboxylic acids is 2. The molecule has 0 radical (unpaired) electrons. The molecule has 0 bridgehead atoms. The van der Waals surface area contributed by atoms with E-state index >= 15 is 0 Å². The Hall–Kier alpha value is -2.38. The summed E-state index contributed by atoms with van der Waals surface area (Å²) in [7, 11) is 3.35. The van der Waals surface area contributed by atoms with E-state index in [-0.39, 0.29) is 17.9 Å². The number of ether oxygens (including phenoxy) is 2. The lowest BCUT2D eigenvalue weighted by molar-refractivity contribution is 0.0677. The first-order chi connectivity index (χ1) is 13.5. The lowest BCUT2D eigenvalue weighted by atomic mass is 10.1. The molecular weight excluding hydrogens is 424 g/mol. The van der Waals surface area contributed by atoms with E-state index in [0.29, 0.717) is 33.6 Å². The molecule has 0 spiro atoms. The molecule has 1 heterocycles. The monoisotopic (exact) mass is 446 g/mol. The molecule has 2 amide bonds. The molecule has 1 fully saturated rings. The number of halogens is 1. The average Bonchev–Trinajstić information content (AvgIpc) is 3.20. The van der Waals surface area contributed by atoms with E-state index < -0.39 is 0 Å². The quantitative estimate of drug-likeness (QED) is 0.728. The Morgan fingerprint density at radius 1 is 1.25 bits per heavy atom. The zero-order valence-corrected chi connectivity index (χ0v) is 17.5. The average molecular weight is 447 g/mol. The molecule has 1 N–H and O–H groups in total. The highest BCUT2D eigenvalue weighted by molar-refractivity contribution is 9.10. The zero-order chi connectivity index (χ0) is 20.1. The van der Waals surface area contributed by atoms with E-state index in [1.807, 2.05) is 0 Å². The summed E-state index contributed by atoms with van der Waals surface area (Å²) in [5.74, 6) is 0.190. The first-order valence-electron chi connectivity index (χ1n) is 9.11. The number of amides is 2. The van der Waals surface area contributed by atoms with Crippen molar-refractivity contribution >= 4 is 33.4 Å². The first kappa shape index (κ1) is 20.4. The van der Waals surface area contributed by atoms with Crippen molar-refractivity contribution in [3.63, 3.8) is 0 Å². The van der Waals surface area contributed by atoms with Gasteiger partial charge >= 0.3 is 0 Å². The highest BCUT2D eigenvalue weighted by Crippen LogP contribution is 2.28. The van der Waals surface area contributed by atoms with Crippen LogP contribution >= 0.6 is 15.9 Å². The van der Waals surface area contributed by atoms with Gasteiger partial charge in [0.05, 0.1) is 21.8 Å². The minimum Gasteiger partial charge on any atom is -0.490 e. The minimum absolute atomic E-state index is 0.126. The van der Waals surface area contributed by atoms with E-state index in [9.17, 15) is 9.59 Å². The third kappa shape index (κ3) is 4.91. The maximum Gasteiger partial charge on any atom is 0.255 e. The van der Waals surface area contributed by atoms with Crippen LogP contribution in [-0.2, 0) is 4.74 Å². The van der Waals surface area contributed by atoms with Crippen LogP contribution in [0.4, 0.5) is 5.69 Å². The van der Waals surface area contributed by atoms with Crippen LogP contribution in [0.1, 0.15) is 33.6 Å². The van der Waals surface area contributed by atoms with E-state index in [1.54, 1.807) is 56.6 Å². The lowest BCUT2D eigenvalue weighted by Crippen LogP contribution is -2.24. The van der Waals surface area contributed by atoms with Crippen LogP contribution in [0.25, 0.3) is 0 Å². The molecule has 148 valence electrons. The van der Waals surface area contributed by atoms with Crippen LogP contribution in [0.15, 0.2) is 46.9 Å². The second kappa shape index (κ2) is 9.21.